The number of ether oxygens (including phenoxy) is 1. The van der Waals surface area contributed by atoms with Crippen molar-refractivity contribution < 1.29 is 27.5 Å². The quantitative estimate of drug-likeness (QED) is 0.585. The van der Waals surface area contributed by atoms with Gasteiger partial charge in [-0.25, -0.2) is 4.68 Å². The Balaban J connectivity index is 1.53. The van der Waals surface area contributed by atoms with Crippen molar-refractivity contribution in [3.63, 3.8) is 0 Å². The lowest BCUT2D eigenvalue weighted by Crippen LogP contribution is -2.24. The molecular weight excluding hydrogens is 425 g/mol. The van der Waals surface area contributed by atoms with Gasteiger partial charge in [-0.3, -0.25) is 9.59 Å². The van der Waals surface area contributed by atoms with E-state index in [2.05, 4.69) is 20.5 Å². The first kappa shape index (κ1) is 21.4. The van der Waals surface area contributed by atoms with Crippen LogP contribution in [0.25, 0.3) is 11.1 Å². The molecule has 10 heteroatoms. The molecule has 0 spiro atoms. The standard InChI is InChI=1S/C22H19F3N4O3/c1-2-16-19(13-7-4-3-5-8-13)20-27-21(31)17(29(20)28-16)12-18(30)26-14-9-6-10-15(11-14)32-22(23,24)25/h3-11,17H,2,12H2,1H3,(H,26,30)(H,27,31). The van der Waals surface area contributed by atoms with Crippen LogP contribution in [0.1, 0.15) is 25.1 Å². The van der Waals surface area contributed by atoms with E-state index in [1.807, 2.05) is 37.3 Å². The van der Waals surface area contributed by atoms with Gasteiger partial charge in [0.05, 0.1) is 12.1 Å². The Morgan fingerprint density at radius 1 is 1.19 bits per heavy atom. The number of fused-ring (bicyclic) bond motifs is 1. The minimum absolute atomic E-state index is 0.120. The number of alkyl halides is 3. The summed E-state index contributed by atoms with van der Waals surface area (Å²) in [6, 6.07) is 13.6. The first-order chi connectivity index (χ1) is 15.2. The lowest BCUT2D eigenvalue weighted by molar-refractivity contribution is -0.274. The molecule has 1 unspecified atom stereocenters. The van der Waals surface area contributed by atoms with Crippen LogP contribution in [0.3, 0.4) is 0 Å². The molecule has 0 saturated heterocycles. The summed E-state index contributed by atoms with van der Waals surface area (Å²) >= 11 is 0. The van der Waals surface area contributed by atoms with Gasteiger partial charge in [0.25, 0.3) is 5.91 Å². The second-order valence-electron chi connectivity index (χ2n) is 7.17. The number of rotatable bonds is 6. The van der Waals surface area contributed by atoms with Crippen LogP contribution >= 0.6 is 0 Å². The van der Waals surface area contributed by atoms with Gasteiger partial charge < -0.3 is 15.4 Å². The Labute approximate surface area is 181 Å². The molecule has 1 aromatic heterocycles. The number of aryl methyl sites for hydroxylation is 1. The van der Waals surface area contributed by atoms with E-state index in [-0.39, 0.29) is 18.0 Å². The van der Waals surface area contributed by atoms with Gasteiger partial charge in [0.1, 0.15) is 17.6 Å². The number of aromatic nitrogens is 2. The third-order valence-electron chi connectivity index (χ3n) is 4.95. The van der Waals surface area contributed by atoms with Gasteiger partial charge >= 0.3 is 6.36 Å². The van der Waals surface area contributed by atoms with Crippen molar-refractivity contribution >= 4 is 23.3 Å². The Hall–Kier alpha value is -3.82. The van der Waals surface area contributed by atoms with Crippen LogP contribution in [0, 0.1) is 0 Å². The predicted octanol–water partition coefficient (Wildman–Crippen LogP) is 4.53. The highest BCUT2D eigenvalue weighted by atomic mass is 19.4. The smallest absolute Gasteiger partial charge is 0.406 e. The Kier molecular flexibility index (Phi) is 5.60. The first-order valence-electron chi connectivity index (χ1n) is 9.88. The van der Waals surface area contributed by atoms with E-state index in [4.69, 9.17) is 0 Å². The Morgan fingerprint density at radius 3 is 2.62 bits per heavy atom. The lowest BCUT2D eigenvalue weighted by Gasteiger charge is -2.12. The Bertz CT molecular complexity index is 1160. The average molecular weight is 444 g/mol. The highest BCUT2D eigenvalue weighted by molar-refractivity contribution is 6.04. The zero-order chi connectivity index (χ0) is 22.9. The van der Waals surface area contributed by atoms with Gasteiger partial charge in [-0.05, 0) is 24.1 Å². The molecule has 2 heterocycles. The van der Waals surface area contributed by atoms with Crippen LogP contribution in [0.4, 0.5) is 24.7 Å². The van der Waals surface area contributed by atoms with Crippen LogP contribution in [0.2, 0.25) is 0 Å². The summed E-state index contributed by atoms with van der Waals surface area (Å²) < 4.78 is 42.6. The predicted molar refractivity (Wildman–Crippen MR) is 111 cm³/mol. The van der Waals surface area contributed by atoms with E-state index in [0.717, 1.165) is 29.0 Å². The zero-order valence-corrected chi connectivity index (χ0v) is 16.9. The molecule has 1 atom stereocenters. The normalized spacial score (nSPS) is 15.2. The molecule has 0 saturated carbocycles. The van der Waals surface area contributed by atoms with Crippen LogP contribution in [0.15, 0.2) is 54.6 Å². The second kappa shape index (κ2) is 8.37. The third-order valence-corrected chi connectivity index (χ3v) is 4.95. The van der Waals surface area contributed by atoms with Gasteiger partial charge in [-0.1, -0.05) is 43.3 Å². The van der Waals surface area contributed by atoms with Gasteiger partial charge in [-0.2, -0.15) is 5.10 Å². The summed E-state index contributed by atoms with van der Waals surface area (Å²) in [6.45, 7) is 1.95. The zero-order valence-electron chi connectivity index (χ0n) is 16.9. The van der Waals surface area contributed by atoms with Gasteiger partial charge in [-0.15, -0.1) is 13.2 Å². The number of hydrogen-bond acceptors (Lipinski definition) is 4. The largest absolute Gasteiger partial charge is 0.573 e. The highest BCUT2D eigenvalue weighted by Crippen LogP contribution is 2.38. The van der Waals surface area contributed by atoms with Crippen molar-refractivity contribution in [3.05, 3.63) is 60.3 Å². The average Bonchev–Trinajstić information content (AvgIpc) is 3.23. The number of amides is 2. The summed E-state index contributed by atoms with van der Waals surface area (Å²) in [4.78, 5) is 25.1. The number of anilines is 2. The molecule has 0 bridgehead atoms. The summed E-state index contributed by atoms with van der Waals surface area (Å²) in [5.74, 6) is -0.853. The molecule has 2 aromatic carbocycles. The molecule has 2 N–H and O–H groups in total. The molecule has 32 heavy (non-hydrogen) atoms. The highest BCUT2D eigenvalue weighted by Gasteiger charge is 2.37. The molecule has 7 nitrogen and oxygen atoms in total. The minimum atomic E-state index is -4.84. The monoisotopic (exact) mass is 444 g/mol. The van der Waals surface area contributed by atoms with Gasteiger partial charge in [0, 0.05) is 17.3 Å². The SMILES string of the molecule is CCc1nn2c(c1-c1ccccc1)NC(=O)C2CC(=O)Nc1cccc(OC(F)(F)F)c1. The fourth-order valence-corrected chi connectivity index (χ4v) is 3.63. The van der Waals surface area contributed by atoms with Crippen molar-refractivity contribution in [3.8, 4) is 16.9 Å². The van der Waals surface area contributed by atoms with Crippen LogP contribution < -0.4 is 15.4 Å². The Morgan fingerprint density at radius 2 is 1.94 bits per heavy atom. The molecule has 1 aliphatic heterocycles. The van der Waals surface area contributed by atoms with E-state index in [1.54, 1.807) is 0 Å². The molecule has 0 radical (unpaired) electrons. The third kappa shape index (κ3) is 4.43. The maximum absolute atomic E-state index is 12.6. The molecule has 0 aliphatic carbocycles. The fraction of sp³-hybridized carbons (Fsp3) is 0.227. The summed E-state index contributed by atoms with van der Waals surface area (Å²) in [6.07, 6.45) is -4.44. The molecule has 1 aliphatic rings. The number of nitrogens with one attached hydrogen (secondary N) is 2. The van der Waals surface area contributed by atoms with Crippen molar-refractivity contribution in [1.82, 2.24) is 9.78 Å². The first-order valence-corrected chi connectivity index (χ1v) is 9.88. The van der Waals surface area contributed by atoms with Crippen molar-refractivity contribution in [2.75, 3.05) is 10.6 Å². The summed E-state index contributed by atoms with van der Waals surface area (Å²) in [5.41, 5.74) is 2.61. The van der Waals surface area contributed by atoms with E-state index in [9.17, 15) is 22.8 Å². The number of carbonyl (C=O) groups is 2. The molecule has 2 amide bonds. The summed E-state index contributed by atoms with van der Waals surface area (Å²) in [5, 5.41) is 9.86. The molecule has 166 valence electrons. The van der Waals surface area contributed by atoms with E-state index >= 15 is 0 Å². The van der Waals surface area contributed by atoms with Crippen LogP contribution in [-0.4, -0.2) is 28.0 Å². The van der Waals surface area contributed by atoms with E-state index in [1.165, 1.54) is 16.8 Å². The number of halogens is 3. The number of benzene rings is 2. The van der Waals surface area contributed by atoms with Crippen LogP contribution in [0.5, 0.6) is 5.75 Å². The number of carbonyl (C=O) groups excluding carboxylic acids is 2. The number of nitrogens with zero attached hydrogens (tertiary/aromatic N) is 2. The molecule has 0 fully saturated rings. The van der Waals surface area contributed by atoms with Crippen molar-refractivity contribution in [2.45, 2.75) is 32.2 Å². The molecular formula is C22H19F3N4O3. The van der Waals surface area contributed by atoms with E-state index in [0.29, 0.717) is 12.2 Å². The molecule has 4 rings (SSSR count). The second-order valence-corrected chi connectivity index (χ2v) is 7.17. The topological polar surface area (TPSA) is 85.2 Å². The maximum atomic E-state index is 12.6. The molecule has 3 aromatic rings. The minimum Gasteiger partial charge on any atom is -0.406 e. The maximum Gasteiger partial charge on any atom is 0.573 e. The fourth-order valence-electron chi connectivity index (χ4n) is 3.63. The number of hydrogen-bond donors (Lipinski definition) is 2. The van der Waals surface area contributed by atoms with Gasteiger partial charge in [0.15, 0.2) is 0 Å². The summed E-state index contributed by atoms with van der Waals surface area (Å²) in [7, 11) is 0. The lowest BCUT2D eigenvalue weighted by atomic mass is 10.0. The van der Waals surface area contributed by atoms with Crippen molar-refractivity contribution in [1.29, 1.82) is 0 Å². The van der Waals surface area contributed by atoms with Gasteiger partial charge in [0.2, 0.25) is 5.91 Å². The van der Waals surface area contributed by atoms with Crippen LogP contribution in [-0.2, 0) is 16.0 Å². The van der Waals surface area contributed by atoms with Crippen molar-refractivity contribution in [2.24, 2.45) is 0 Å². The van der Waals surface area contributed by atoms with E-state index < -0.39 is 24.1 Å².